The predicted octanol–water partition coefficient (Wildman–Crippen LogP) is 4.11. The van der Waals surface area contributed by atoms with Gasteiger partial charge in [0.1, 0.15) is 5.75 Å². The van der Waals surface area contributed by atoms with Crippen molar-refractivity contribution < 1.29 is 9.15 Å². The molecular weight excluding hydrogens is 264 g/mol. The van der Waals surface area contributed by atoms with Gasteiger partial charge < -0.3 is 9.15 Å². The molecule has 0 saturated heterocycles. The summed E-state index contributed by atoms with van der Waals surface area (Å²) in [5.74, 6) is 1.88. The van der Waals surface area contributed by atoms with Gasteiger partial charge in [-0.1, -0.05) is 18.2 Å². The van der Waals surface area contributed by atoms with Crippen molar-refractivity contribution >= 4 is 0 Å². The monoisotopic (exact) mass is 280 g/mol. The van der Waals surface area contributed by atoms with Gasteiger partial charge in [-0.2, -0.15) is 0 Å². The maximum Gasteiger partial charge on any atom is 0.248 e. The highest BCUT2D eigenvalue weighted by molar-refractivity contribution is 5.61. The molecule has 0 amide bonds. The van der Waals surface area contributed by atoms with E-state index in [0.29, 0.717) is 18.4 Å². The van der Waals surface area contributed by atoms with Crippen molar-refractivity contribution in [1.29, 1.82) is 0 Å². The number of hydrogen-bond acceptors (Lipinski definition) is 4. The summed E-state index contributed by atoms with van der Waals surface area (Å²) in [6, 6.07) is 15.6. The van der Waals surface area contributed by atoms with Crippen LogP contribution in [0.4, 0.5) is 0 Å². The van der Waals surface area contributed by atoms with Gasteiger partial charge in [0.2, 0.25) is 11.8 Å². The first-order valence-corrected chi connectivity index (χ1v) is 6.90. The largest absolute Gasteiger partial charge is 0.494 e. The summed E-state index contributed by atoms with van der Waals surface area (Å²) in [7, 11) is 0. The number of aryl methyl sites for hydroxylation is 1. The molecule has 0 N–H and O–H groups in total. The van der Waals surface area contributed by atoms with Crippen molar-refractivity contribution in [3.8, 4) is 28.7 Å². The van der Waals surface area contributed by atoms with Crippen LogP contribution in [0.25, 0.3) is 22.9 Å². The van der Waals surface area contributed by atoms with Gasteiger partial charge in [0.05, 0.1) is 6.61 Å². The van der Waals surface area contributed by atoms with E-state index in [2.05, 4.69) is 10.2 Å². The van der Waals surface area contributed by atoms with E-state index in [1.165, 1.54) is 0 Å². The number of aromatic nitrogens is 2. The maximum absolute atomic E-state index is 5.77. The minimum absolute atomic E-state index is 0.510. The van der Waals surface area contributed by atoms with E-state index < -0.39 is 0 Å². The van der Waals surface area contributed by atoms with Crippen molar-refractivity contribution in [2.45, 2.75) is 13.8 Å². The minimum atomic E-state index is 0.510. The maximum atomic E-state index is 5.77. The molecule has 0 aliphatic rings. The van der Waals surface area contributed by atoms with Crippen LogP contribution in [-0.4, -0.2) is 16.8 Å². The molecule has 2 aromatic carbocycles. The molecule has 0 fully saturated rings. The first-order chi connectivity index (χ1) is 10.3. The van der Waals surface area contributed by atoms with Crippen molar-refractivity contribution in [1.82, 2.24) is 10.2 Å². The summed E-state index contributed by atoms with van der Waals surface area (Å²) in [5, 5.41) is 8.26. The fourth-order valence-electron chi connectivity index (χ4n) is 2.12. The predicted molar refractivity (Wildman–Crippen MR) is 81.1 cm³/mol. The SMILES string of the molecule is CCOc1ccc(-c2nnc(-c3ccccc3C)o2)cc1. The van der Waals surface area contributed by atoms with Crippen LogP contribution in [0.1, 0.15) is 12.5 Å². The van der Waals surface area contributed by atoms with Gasteiger partial charge in [-0.25, -0.2) is 0 Å². The Kier molecular flexibility index (Phi) is 3.69. The summed E-state index contributed by atoms with van der Waals surface area (Å²) in [5.41, 5.74) is 2.95. The minimum Gasteiger partial charge on any atom is -0.494 e. The number of nitrogens with zero attached hydrogens (tertiary/aromatic N) is 2. The molecule has 0 bridgehead atoms. The second-order valence-electron chi connectivity index (χ2n) is 4.68. The van der Waals surface area contributed by atoms with E-state index in [0.717, 1.165) is 22.4 Å². The van der Waals surface area contributed by atoms with Gasteiger partial charge in [0, 0.05) is 11.1 Å². The third-order valence-corrected chi connectivity index (χ3v) is 3.21. The van der Waals surface area contributed by atoms with Crippen LogP contribution in [0.2, 0.25) is 0 Å². The molecule has 106 valence electrons. The number of benzene rings is 2. The fraction of sp³-hybridized carbons (Fsp3) is 0.176. The molecular formula is C17H16N2O2. The van der Waals surface area contributed by atoms with Crippen LogP contribution in [0.3, 0.4) is 0 Å². The Labute approximate surface area is 123 Å². The molecule has 1 heterocycles. The summed E-state index contributed by atoms with van der Waals surface area (Å²) >= 11 is 0. The second-order valence-corrected chi connectivity index (χ2v) is 4.68. The molecule has 4 nitrogen and oxygen atoms in total. The lowest BCUT2D eigenvalue weighted by Crippen LogP contribution is -1.90. The summed E-state index contributed by atoms with van der Waals surface area (Å²) in [6.45, 7) is 4.63. The highest BCUT2D eigenvalue weighted by Crippen LogP contribution is 2.26. The van der Waals surface area contributed by atoms with Gasteiger partial charge in [-0.05, 0) is 49.7 Å². The van der Waals surface area contributed by atoms with E-state index in [1.54, 1.807) is 0 Å². The van der Waals surface area contributed by atoms with E-state index in [-0.39, 0.29) is 0 Å². The lowest BCUT2D eigenvalue weighted by atomic mass is 10.1. The molecule has 0 spiro atoms. The summed E-state index contributed by atoms with van der Waals surface area (Å²) in [4.78, 5) is 0. The molecule has 21 heavy (non-hydrogen) atoms. The topological polar surface area (TPSA) is 48.2 Å². The molecule has 3 aromatic rings. The van der Waals surface area contributed by atoms with Crippen LogP contribution in [0.5, 0.6) is 5.75 Å². The number of rotatable bonds is 4. The number of ether oxygens (including phenoxy) is 1. The Bertz CT molecular complexity index is 733. The zero-order valence-corrected chi connectivity index (χ0v) is 12.0. The number of hydrogen-bond donors (Lipinski definition) is 0. The lowest BCUT2D eigenvalue weighted by Gasteiger charge is -2.02. The Balaban J connectivity index is 1.89. The molecule has 0 aliphatic heterocycles. The van der Waals surface area contributed by atoms with Crippen molar-refractivity contribution in [2.75, 3.05) is 6.61 Å². The van der Waals surface area contributed by atoms with Crippen molar-refractivity contribution in [3.63, 3.8) is 0 Å². The van der Waals surface area contributed by atoms with Gasteiger partial charge in [-0.3, -0.25) is 0 Å². The first-order valence-electron chi connectivity index (χ1n) is 6.90. The van der Waals surface area contributed by atoms with Crippen LogP contribution in [0, 0.1) is 6.92 Å². The molecule has 3 rings (SSSR count). The Morgan fingerprint density at radius 3 is 2.38 bits per heavy atom. The smallest absolute Gasteiger partial charge is 0.248 e. The Morgan fingerprint density at radius 2 is 1.67 bits per heavy atom. The van der Waals surface area contributed by atoms with E-state index in [4.69, 9.17) is 9.15 Å². The average molecular weight is 280 g/mol. The van der Waals surface area contributed by atoms with Crippen molar-refractivity contribution in [2.24, 2.45) is 0 Å². The summed E-state index contributed by atoms with van der Waals surface area (Å²) in [6.07, 6.45) is 0. The molecule has 0 radical (unpaired) electrons. The third-order valence-electron chi connectivity index (χ3n) is 3.21. The molecule has 0 aliphatic carbocycles. The zero-order valence-electron chi connectivity index (χ0n) is 12.0. The standard InChI is InChI=1S/C17H16N2O2/c1-3-20-14-10-8-13(9-11-14)16-18-19-17(21-16)15-7-5-4-6-12(15)2/h4-11H,3H2,1-2H3. The van der Waals surface area contributed by atoms with Crippen LogP contribution >= 0.6 is 0 Å². The molecule has 4 heteroatoms. The zero-order chi connectivity index (χ0) is 14.7. The average Bonchev–Trinajstić information content (AvgIpc) is 2.98. The first kappa shape index (κ1) is 13.4. The third kappa shape index (κ3) is 2.79. The molecule has 0 atom stereocenters. The summed E-state index contributed by atoms with van der Waals surface area (Å²) < 4.78 is 11.2. The van der Waals surface area contributed by atoms with E-state index >= 15 is 0 Å². The van der Waals surface area contributed by atoms with Crippen LogP contribution in [-0.2, 0) is 0 Å². The van der Waals surface area contributed by atoms with E-state index in [9.17, 15) is 0 Å². The molecule has 0 saturated carbocycles. The quantitative estimate of drug-likeness (QED) is 0.721. The highest BCUT2D eigenvalue weighted by Gasteiger charge is 2.11. The highest BCUT2D eigenvalue weighted by atomic mass is 16.5. The lowest BCUT2D eigenvalue weighted by molar-refractivity contribution is 0.340. The van der Waals surface area contributed by atoms with Gasteiger partial charge in [-0.15, -0.1) is 10.2 Å². The fourth-order valence-corrected chi connectivity index (χ4v) is 2.12. The Morgan fingerprint density at radius 1 is 0.952 bits per heavy atom. The molecule has 1 aromatic heterocycles. The van der Waals surface area contributed by atoms with Crippen LogP contribution in [0.15, 0.2) is 52.9 Å². The van der Waals surface area contributed by atoms with Gasteiger partial charge >= 0.3 is 0 Å². The van der Waals surface area contributed by atoms with Gasteiger partial charge in [0.25, 0.3) is 0 Å². The second kappa shape index (κ2) is 5.79. The van der Waals surface area contributed by atoms with E-state index in [1.807, 2.05) is 62.4 Å². The van der Waals surface area contributed by atoms with Gasteiger partial charge in [0.15, 0.2) is 0 Å². The molecule has 0 unspecified atom stereocenters. The van der Waals surface area contributed by atoms with Crippen LogP contribution < -0.4 is 4.74 Å². The van der Waals surface area contributed by atoms with Crippen molar-refractivity contribution in [3.05, 3.63) is 54.1 Å². The Hall–Kier alpha value is -2.62. The normalized spacial score (nSPS) is 10.6.